The van der Waals surface area contributed by atoms with E-state index in [2.05, 4.69) is 18.8 Å². The molecule has 1 aliphatic carbocycles. The molecule has 1 aliphatic rings. The van der Waals surface area contributed by atoms with Gasteiger partial charge in [-0.25, -0.2) is 13.8 Å². The van der Waals surface area contributed by atoms with Crippen LogP contribution < -0.4 is 0 Å². The lowest BCUT2D eigenvalue weighted by Crippen LogP contribution is -2.51. The lowest BCUT2D eigenvalue weighted by atomic mass is 9.64. The number of nitrogens with zero attached hydrogens (tertiary/aromatic N) is 2. The number of imidazole rings is 1. The lowest BCUT2D eigenvalue weighted by Gasteiger charge is -2.52. The van der Waals surface area contributed by atoms with E-state index in [1.54, 1.807) is 11.7 Å². The molecule has 3 rings (SSSR count). The van der Waals surface area contributed by atoms with Crippen LogP contribution in [-0.2, 0) is 10.6 Å². The molecule has 1 saturated carbocycles. The molecule has 0 N–H and O–H groups in total. The predicted molar refractivity (Wildman–Crippen MR) is 77.4 cm³/mol. The van der Waals surface area contributed by atoms with Gasteiger partial charge in [0.25, 0.3) is 0 Å². The van der Waals surface area contributed by atoms with Crippen LogP contribution in [0.3, 0.4) is 0 Å². The summed E-state index contributed by atoms with van der Waals surface area (Å²) >= 11 is 5.95. The van der Waals surface area contributed by atoms with Crippen LogP contribution in [0.5, 0.6) is 0 Å². The van der Waals surface area contributed by atoms with E-state index in [9.17, 15) is 8.78 Å². The van der Waals surface area contributed by atoms with Crippen molar-refractivity contribution in [2.75, 3.05) is 7.11 Å². The summed E-state index contributed by atoms with van der Waals surface area (Å²) < 4.78 is 35.0. The predicted octanol–water partition coefficient (Wildman–Crippen LogP) is 4.04. The van der Waals surface area contributed by atoms with Crippen molar-refractivity contribution in [3.8, 4) is 0 Å². The van der Waals surface area contributed by atoms with Gasteiger partial charge in [0.15, 0.2) is 11.6 Å². The SMILES string of the molecule is COC1CC(n2c(CCl)nc3ccc(F)c(F)c32)C1(C)C. The highest BCUT2D eigenvalue weighted by molar-refractivity contribution is 6.16. The van der Waals surface area contributed by atoms with Crippen LogP contribution in [0.25, 0.3) is 11.0 Å². The fourth-order valence-electron chi connectivity index (χ4n) is 3.30. The number of alkyl halides is 1. The van der Waals surface area contributed by atoms with Gasteiger partial charge in [-0.15, -0.1) is 11.6 Å². The number of halogens is 3. The second kappa shape index (κ2) is 4.92. The Labute approximate surface area is 126 Å². The summed E-state index contributed by atoms with van der Waals surface area (Å²) in [5.41, 5.74) is 0.432. The van der Waals surface area contributed by atoms with Gasteiger partial charge in [-0.3, -0.25) is 0 Å². The van der Waals surface area contributed by atoms with E-state index in [4.69, 9.17) is 16.3 Å². The molecule has 0 amide bonds. The van der Waals surface area contributed by atoms with Crippen LogP contribution in [-0.4, -0.2) is 22.8 Å². The average molecular weight is 315 g/mol. The largest absolute Gasteiger partial charge is 0.381 e. The maximum atomic E-state index is 14.2. The van der Waals surface area contributed by atoms with E-state index in [1.165, 1.54) is 6.07 Å². The zero-order chi connectivity index (χ0) is 15.4. The van der Waals surface area contributed by atoms with Gasteiger partial charge < -0.3 is 9.30 Å². The highest BCUT2D eigenvalue weighted by atomic mass is 35.5. The summed E-state index contributed by atoms with van der Waals surface area (Å²) in [5.74, 6) is -1.03. The maximum Gasteiger partial charge on any atom is 0.184 e. The molecule has 1 aromatic carbocycles. The second-order valence-electron chi connectivity index (χ2n) is 6.06. The van der Waals surface area contributed by atoms with E-state index in [0.717, 1.165) is 12.5 Å². The molecule has 114 valence electrons. The number of methoxy groups -OCH3 is 1. The van der Waals surface area contributed by atoms with Gasteiger partial charge in [0.2, 0.25) is 0 Å². The molecule has 1 fully saturated rings. The van der Waals surface area contributed by atoms with Crippen molar-refractivity contribution in [3.05, 3.63) is 29.6 Å². The minimum Gasteiger partial charge on any atom is -0.381 e. The monoisotopic (exact) mass is 314 g/mol. The summed E-state index contributed by atoms with van der Waals surface area (Å²) in [5, 5.41) is 0. The van der Waals surface area contributed by atoms with E-state index >= 15 is 0 Å². The Balaban J connectivity index is 2.20. The molecule has 6 heteroatoms. The number of benzene rings is 1. The highest BCUT2D eigenvalue weighted by Gasteiger charge is 2.50. The lowest BCUT2D eigenvalue weighted by molar-refractivity contribution is -0.112. The molecule has 1 heterocycles. The first kappa shape index (κ1) is 14.7. The summed E-state index contributed by atoms with van der Waals surface area (Å²) in [4.78, 5) is 4.34. The maximum absolute atomic E-state index is 14.2. The van der Waals surface area contributed by atoms with Gasteiger partial charge in [-0.2, -0.15) is 0 Å². The number of hydrogen-bond donors (Lipinski definition) is 0. The molecule has 1 aromatic heterocycles. The van der Waals surface area contributed by atoms with Crippen LogP contribution in [0.1, 0.15) is 32.1 Å². The van der Waals surface area contributed by atoms with Crippen LogP contribution in [0.15, 0.2) is 12.1 Å². The molecule has 0 aliphatic heterocycles. The summed E-state index contributed by atoms with van der Waals surface area (Å²) in [6.07, 6.45) is 0.814. The third-order valence-electron chi connectivity index (χ3n) is 4.66. The van der Waals surface area contributed by atoms with Crippen LogP contribution in [0.4, 0.5) is 8.78 Å². The van der Waals surface area contributed by atoms with Crippen molar-refractivity contribution in [1.82, 2.24) is 9.55 Å². The zero-order valence-corrected chi connectivity index (χ0v) is 12.9. The zero-order valence-electron chi connectivity index (χ0n) is 12.2. The average Bonchev–Trinajstić information content (AvgIpc) is 2.81. The quantitative estimate of drug-likeness (QED) is 0.800. The van der Waals surface area contributed by atoms with E-state index < -0.39 is 11.6 Å². The van der Waals surface area contributed by atoms with E-state index in [0.29, 0.717) is 11.3 Å². The Kier molecular flexibility index (Phi) is 3.45. The topological polar surface area (TPSA) is 27.1 Å². The number of aromatic nitrogens is 2. The van der Waals surface area contributed by atoms with Gasteiger partial charge in [0.1, 0.15) is 11.3 Å². The van der Waals surface area contributed by atoms with Crippen LogP contribution >= 0.6 is 11.6 Å². The molecule has 2 unspecified atom stereocenters. The molecule has 0 bridgehead atoms. The number of ether oxygens (including phenoxy) is 1. The summed E-state index contributed by atoms with van der Waals surface area (Å²) in [6.45, 7) is 4.10. The molecule has 0 saturated heterocycles. The Morgan fingerprint density at radius 1 is 1.43 bits per heavy atom. The molecule has 2 atom stereocenters. The molecular formula is C15H17ClF2N2O. The standard InChI is InChI=1S/C15H17ClF2N2O/c1-15(2)10(6-11(15)21-3)20-12(7-16)19-9-5-4-8(17)13(18)14(9)20/h4-5,10-11H,6-7H2,1-3H3. The van der Waals surface area contributed by atoms with Crippen molar-refractivity contribution in [2.45, 2.75) is 38.3 Å². The van der Waals surface area contributed by atoms with Gasteiger partial charge in [-0.1, -0.05) is 13.8 Å². The Hall–Kier alpha value is -1.20. The van der Waals surface area contributed by atoms with Crippen molar-refractivity contribution >= 4 is 22.6 Å². The van der Waals surface area contributed by atoms with Crippen molar-refractivity contribution < 1.29 is 13.5 Å². The number of hydrogen-bond acceptors (Lipinski definition) is 2. The molecule has 0 radical (unpaired) electrons. The highest BCUT2D eigenvalue weighted by Crippen LogP contribution is 2.52. The van der Waals surface area contributed by atoms with Gasteiger partial charge >= 0.3 is 0 Å². The molecule has 2 aromatic rings. The van der Waals surface area contributed by atoms with Gasteiger partial charge in [-0.05, 0) is 18.6 Å². The Bertz CT molecular complexity index is 699. The van der Waals surface area contributed by atoms with Crippen LogP contribution in [0, 0.1) is 17.0 Å². The minimum absolute atomic E-state index is 0.0162. The Morgan fingerprint density at radius 3 is 2.71 bits per heavy atom. The normalized spacial score (nSPS) is 24.3. The first-order valence-corrected chi connectivity index (χ1v) is 7.38. The smallest absolute Gasteiger partial charge is 0.184 e. The van der Waals surface area contributed by atoms with Gasteiger partial charge in [0, 0.05) is 18.6 Å². The number of fused-ring (bicyclic) bond motifs is 1. The third-order valence-corrected chi connectivity index (χ3v) is 4.90. The molecular weight excluding hydrogens is 298 g/mol. The molecule has 21 heavy (non-hydrogen) atoms. The first-order valence-electron chi connectivity index (χ1n) is 6.85. The molecule has 3 nitrogen and oxygen atoms in total. The molecule has 0 spiro atoms. The second-order valence-corrected chi connectivity index (χ2v) is 6.33. The van der Waals surface area contributed by atoms with E-state index in [-0.39, 0.29) is 29.0 Å². The fraction of sp³-hybridized carbons (Fsp3) is 0.533. The minimum atomic E-state index is -0.870. The fourth-order valence-corrected chi connectivity index (χ4v) is 3.49. The third kappa shape index (κ3) is 1.98. The summed E-state index contributed by atoms with van der Waals surface area (Å²) in [6, 6.07) is 2.56. The van der Waals surface area contributed by atoms with Crippen LogP contribution in [0.2, 0.25) is 0 Å². The van der Waals surface area contributed by atoms with Crippen molar-refractivity contribution in [3.63, 3.8) is 0 Å². The van der Waals surface area contributed by atoms with Crippen molar-refractivity contribution in [2.24, 2.45) is 5.41 Å². The van der Waals surface area contributed by atoms with E-state index in [1.807, 2.05) is 0 Å². The van der Waals surface area contributed by atoms with Gasteiger partial charge in [0.05, 0.1) is 17.5 Å². The first-order chi connectivity index (χ1) is 9.91. The van der Waals surface area contributed by atoms with Crippen molar-refractivity contribution in [1.29, 1.82) is 0 Å². The Morgan fingerprint density at radius 2 is 2.14 bits per heavy atom. The number of rotatable bonds is 3. The summed E-state index contributed by atoms with van der Waals surface area (Å²) in [7, 11) is 1.66.